The summed E-state index contributed by atoms with van der Waals surface area (Å²) < 4.78 is 0.969. The number of likely N-dealkylation sites (tertiary alicyclic amines) is 1. The van der Waals surface area contributed by atoms with Gasteiger partial charge < -0.3 is 15.2 Å². The zero-order valence-electron chi connectivity index (χ0n) is 22.0. The Kier molecular flexibility index (Phi) is 6.49. The Morgan fingerprint density at radius 3 is 2.45 bits per heavy atom. The number of thiophene rings is 1. The van der Waals surface area contributed by atoms with Gasteiger partial charge in [0.15, 0.2) is 0 Å². The molecule has 2 N–H and O–H groups in total. The number of rotatable bonds is 6. The van der Waals surface area contributed by atoms with Crippen LogP contribution in [0, 0.1) is 0 Å². The van der Waals surface area contributed by atoms with Gasteiger partial charge in [0.2, 0.25) is 0 Å². The average molecular weight is 544 g/mol. The van der Waals surface area contributed by atoms with Crippen molar-refractivity contribution in [3.63, 3.8) is 0 Å². The summed E-state index contributed by atoms with van der Waals surface area (Å²) in [6, 6.07) is 28.9. The van der Waals surface area contributed by atoms with Crippen LogP contribution >= 0.6 is 11.3 Å². The first-order chi connectivity index (χ1) is 19.7. The van der Waals surface area contributed by atoms with Gasteiger partial charge in [-0.3, -0.25) is 9.78 Å². The van der Waals surface area contributed by atoms with Gasteiger partial charge in [0.1, 0.15) is 5.82 Å². The number of amides is 1. The third kappa shape index (κ3) is 4.62. The van der Waals surface area contributed by atoms with Crippen molar-refractivity contribution in [3.8, 4) is 11.4 Å². The maximum atomic E-state index is 13.9. The number of hydrogen-bond acceptors (Lipinski definition) is 5. The van der Waals surface area contributed by atoms with E-state index in [2.05, 4.69) is 58.1 Å². The van der Waals surface area contributed by atoms with Crippen LogP contribution in [0.1, 0.15) is 40.2 Å². The number of aromatic nitrogens is 3. The minimum absolute atomic E-state index is 0.0372. The van der Waals surface area contributed by atoms with Crippen molar-refractivity contribution in [2.45, 2.75) is 25.3 Å². The number of aromatic amines is 1. The molecule has 3 aromatic heterocycles. The molecule has 1 amide bonds. The quantitative estimate of drug-likeness (QED) is 0.229. The lowest BCUT2D eigenvalue weighted by atomic mass is 9.89. The van der Waals surface area contributed by atoms with Crippen molar-refractivity contribution >= 4 is 44.2 Å². The van der Waals surface area contributed by atoms with Crippen LogP contribution in [-0.2, 0) is 6.54 Å². The highest BCUT2D eigenvalue weighted by Gasteiger charge is 2.28. The van der Waals surface area contributed by atoms with Crippen LogP contribution in [0.15, 0.2) is 96.5 Å². The minimum Gasteiger partial charge on any atom is -0.379 e. The molecule has 7 rings (SSSR count). The Morgan fingerprint density at radius 2 is 1.68 bits per heavy atom. The van der Waals surface area contributed by atoms with Crippen LogP contribution in [0.4, 0.5) is 5.69 Å². The summed E-state index contributed by atoms with van der Waals surface area (Å²) in [5.74, 6) is 1.32. The molecule has 1 aliphatic rings. The maximum absolute atomic E-state index is 13.9. The number of para-hydroxylation sites is 2. The third-order valence-corrected chi connectivity index (χ3v) is 8.81. The molecule has 3 aromatic carbocycles. The fraction of sp³-hybridized carbons (Fsp3) is 0.182. The minimum atomic E-state index is 0.0372. The second-order valence-electron chi connectivity index (χ2n) is 10.3. The topological polar surface area (TPSA) is 73.9 Å². The van der Waals surface area contributed by atoms with Crippen molar-refractivity contribution in [2.24, 2.45) is 0 Å². The lowest BCUT2D eigenvalue weighted by Gasteiger charge is -2.32. The maximum Gasteiger partial charge on any atom is 0.257 e. The van der Waals surface area contributed by atoms with Gasteiger partial charge in [0.25, 0.3) is 5.91 Å². The van der Waals surface area contributed by atoms with E-state index in [1.165, 1.54) is 5.56 Å². The highest BCUT2D eigenvalue weighted by molar-refractivity contribution is 7.18. The highest BCUT2D eigenvalue weighted by Crippen LogP contribution is 2.39. The average Bonchev–Trinajstić information content (AvgIpc) is 3.65. The molecule has 1 fully saturated rings. The first-order valence-electron chi connectivity index (χ1n) is 13.7. The molecule has 4 heterocycles. The zero-order valence-corrected chi connectivity index (χ0v) is 22.8. The number of nitrogens with one attached hydrogen (secondary N) is 2. The summed E-state index contributed by atoms with van der Waals surface area (Å²) in [6.07, 6.45) is 3.68. The van der Waals surface area contributed by atoms with Gasteiger partial charge in [0, 0.05) is 31.2 Å². The van der Waals surface area contributed by atoms with Crippen LogP contribution in [-0.4, -0.2) is 38.8 Å². The lowest BCUT2D eigenvalue weighted by molar-refractivity contribution is 0.0713. The number of carbonyl (C=O) groups excluding carboxylic acids is 1. The molecular weight excluding hydrogens is 514 g/mol. The molecule has 40 heavy (non-hydrogen) atoms. The summed E-state index contributed by atoms with van der Waals surface area (Å²) in [7, 11) is 0. The molecule has 0 aliphatic carbocycles. The number of anilines is 1. The number of imidazole rings is 1. The molecule has 0 saturated carbocycles. The largest absolute Gasteiger partial charge is 0.379 e. The van der Waals surface area contributed by atoms with Crippen molar-refractivity contribution in [1.82, 2.24) is 19.9 Å². The van der Waals surface area contributed by atoms with E-state index in [0.29, 0.717) is 18.0 Å². The molecule has 1 aliphatic heterocycles. The number of H-pyrrole nitrogens is 1. The molecule has 6 nitrogen and oxygen atoms in total. The van der Waals surface area contributed by atoms with Crippen molar-refractivity contribution in [2.75, 3.05) is 18.4 Å². The van der Waals surface area contributed by atoms with Crippen LogP contribution < -0.4 is 5.32 Å². The standard InChI is InChI=1S/C33H29N5OS/c39-33(38-17-15-24(16-18-38)23-11-5-2-6-12-23)25-20-35-30-26(32-36-27-13-7-8-14-28(27)37-32)21-40-31(30)29(25)34-19-22-9-3-1-4-10-22/h1-14,20-21,24H,15-19H2,(H,34,35)(H,36,37). The van der Waals surface area contributed by atoms with E-state index < -0.39 is 0 Å². The number of fused-ring (bicyclic) bond motifs is 2. The Bertz CT molecular complexity index is 1750. The number of piperidine rings is 1. The Hall–Kier alpha value is -4.49. The van der Waals surface area contributed by atoms with Crippen molar-refractivity contribution in [1.29, 1.82) is 0 Å². The predicted octanol–water partition coefficient (Wildman–Crippen LogP) is 7.47. The second-order valence-corrected chi connectivity index (χ2v) is 11.2. The number of nitrogens with zero attached hydrogens (tertiary/aromatic N) is 3. The number of carbonyl (C=O) groups is 1. The Labute approximate surface area is 236 Å². The number of hydrogen-bond donors (Lipinski definition) is 2. The van der Waals surface area contributed by atoms with E-state index in [0.717, 1.165) is 69.8 Å². The summed E-state index contributed by atoms with van der Waals surface area (Å²) in [5, 5.41) is 5.70. The Morgan fingerprint density at radius 1 is 0.950 bits per heavy atom. The molecule has 0 atom stereocenters. The normalized spacial score (nSPS) is 14.2. The predicted molar refractivity (Wildman–Crippen MR) is 163 cm³/mol. The van der Waals surface area contributed by atoms with Gasteiger partial charge in [-0.2, -0.15) is 0 Å². The molecule has 0 bridgehead atoms. The van der Waals surface area contributed by atoms with Crippen LogP contribution in [0.5, 0.6) is 0 Å². The molecule has 0 unspecified atom stereocenters. The molecule has 0 radical (unpaired) electrons. The molecular formula is C33H29N5OS. The van der Waals surface area contributed by atoms with Crippen LogP contribution in [0.3, 0.4) is 0 Å². The van der Waals surface area contributed by atoms with E-state index in [9.17, 15) is 4.79 Å². The highest BCUT2D eigenvalue weighted by atomic mass is 32.1. The van der Waals surface area contributed by atoms with Gasteiger partial charge in [-0.15, -0.1) is 11.3 Å². The smallest absolute Gasteiger partial charge is 0.257 e. The summed E-state index contributed by atoms with van der Waals surface area (Å²) >= 11 is 1.60. The number of benzene rings is 3. The van der Waals surface area contributed by atoms with E-state index in [4.69, 9.17) is 9.97 Å². The second kappa shape index (κ2) is 10.6. The summed E-state index contributed by atoms with van der Waals surface area (Å²) in [5.41, 5.74) is 7.69. The third-order valence-electron chi connectivity index (χ3n) is 7.82. The SMILES string of the molecule is O=C(c1cnc2c(-c3nc4ccccc4[nH]3)csc2c1NCc1ccccc1)N1CCC(c2ccccc2)CC1. The fourth-order valence-electron chi connectivity index (χ4n) is 5.66. The first-order valence-corrected chi connectivity index (χ1v) is 14.6. The number of pyridine rings is 1. The van der Waals surface area contributed by atoms with Gasteiger partial charge >= 0.3 is 0 Å². The summed E-state index contributed by atoms with van der Waals surface area (Å²) in [4.78, 5) is 29.0. The zero-order chi connectivity index (χ0) is 26.9. The van der Waals surface area contributed by atoms with Crippen LogP contribution in [0.25, 0.3) is 32.6 Å². The lowest BCUT2D eigenvalue weighted by Crippen LogP contribution is -2.38. The van der Waals surface area contributed by atoms with Gasteiger partial charge in [-0.1, -0.05) is 72.8 Å². The fourth-order valence-corrected chi connectivity index (χ4v) is 6.69. The van der Waals surface area contributed by atoms with Gasteiger partial charge in [-0.05, 0) is 42.0 Å². The molecule has 198 valence electrons. The molecule has 7 heteroatoms. The summed E-state index contributed by atoms with van der Waals surface area (Å²) in [6.45, 7) is 2.10. The monoisotopic (exact) mass is 543 g/mol. The molecule has 0 spiro atoms. The van der Waals surface area contributed by atoms with E-state index in [-0.39, 0.29) is 5.91 Å². The first kappa shape index (κ1) is 24.5. The van der Waals surface area contributed by atoms with Gasteiger partial charge in [0.05, 0.1) is 38.1 Å². The molecule has 6 aromatic rings. The van der Waals surface area contributed by atoms with E-state index >= 15 is 0 Å². The van der Waals surface area contributed by atoms with Crippen molar-refractivity contribution in [3.05, 3.63) is 113 Å². The van der Waals surface area contributed by atoms with Crippen molar-refractivity contribution < 1.29 is 4.79 Å². The van der Waals surface area contributed by atoms with Gasteiger partial charge in [-0.25, -0.2) is 4.98 Å². The van der Waals surface area contributed by atoms with E-state index in [1.54, 1.807) is 17.5 Å². The molecule has 1 saturated heterocycles. The van der Waals surface area contributed by atoms with E-state index in [1.807, 2.05) is 47.4 Å². The van der Waals surface area contributed by atoms with Crippen LogP contribution in [0.2, 0.25) is 0 Å². The Balaban J connectivity index is 1.22.